The molecule has 2 aromatic rings. The van der Waals surface area contributed by atoms with Crippen molar-refractivity contribution in [2.75, 3.05) is 42.5 Å². The molecule has 1 aliphatic rings. The highest BCUT2D eigenvalue weighted by molar-refractivity contribution is 5.60. The normalized spacial score (nSPS) is 15.7. The summed E-state index contributed by atoms with van der Waals surface area (Å²) >= 11 is 0. The van der Waals surface area contributed by atoms with E-state index in [1.54, 1.807) is 12.4 Å². The van der Waals surface area contributed by atoms with Gasteiger partial charge in [-0.3, -0.25) is 0 Å². The first-order chi connectivity index (χ1) is 9.25. The molecule has 0 aromatic carbocycles. The third-order valence-corrected chi connectivity index (χ3v) is 3.11. The first kappa shape index (κ1) is 11.7. The van der Waals surface area contributed by atoms with Crippen LogP contribution in [0.4, 0.5) is 17.5 Å². The van der Waals surface area contributed by atoms with Gasteiger partial charge in [-0.25, -0.2) is 14.6 Å². The molecule has 8 heteroatoms. The topological polar surface area (TPSA) is 111 Å². The van der Waals surface area contributed by atoms with E-state index >= 15 is 0 Å². The SMILES string of the molecule is Nc1cnn(-c2cnc(N3CCNCC3)nc2)c1N. The molecular weight excluding hydrogens is 244 g/mol. The summed E-state index contributed by atoms with van der Waals surface area (Å²) in [6.07, 6.45) is 4.92. The van der Waals surface area contributed by atoms with Gasteiger partial charge >= 0.3 is 0 Å². The van der Waals surface area contributed by atoms with E-state index < -0.39 is 0 Å². The molecule has 0 aliphatic carbocycles. The Bertz CT molecular complexity index is 555. The van der Waals surface area contributed by atoms with Crippen molar-refractivity contribution in [2.24, 2.45) is 0 Å². The molecule has 100 valence electrons. The van der Waals surface area contributed by atoms with Crippen LogP contribution in [0.1, 0.15) is 0 Å². The zero-order valence-electron chi connectivity index (χ0n) is 10.5. The Morgan fingerprint density at radius 3 is 2.32 bits per heavy atom. The number of nitrogens with one attached hydrogen (secondary N) is 1. The molecule has 8 nitrogen and oxygen atoms in total. The lowest BCUT2D eigenvalue weighted by Gasteiger charge is -2.27. The fourth-order valence-electron chi connectivity index (χ4n) is 2.03. The number of anilines is 3. The van der Waals surface area contributed by atoms with Gasteiger partial charge in [-0.2, -0.15) is 5.10 Å². The van der Waals surface area contributed by atoms with E-state index in [9.17, 15) is 0 Å². The van der Waals surface area contributed by atoms with Crippen molar-refractivity contribution in [3.05, 3.63) is 18.6 Å². The predicted molar refractivity (Wildman–Crippen MR) is 73.1 cm³/mol. The van der Waals surface area contributed by atoms with Crippen LogP contribution in [-0.4, -0.2) is 45.9 Å². The fraction of sp³-hybridized carbons (Fsp3) is 0.364. The maximum Gasteiger partial charge on any atom is 0.225 e. The average molecular weight is 260 g/mol. The van der Waals surface area contributed by atoms with Gasteiger partial charge in [0.05, 0.1) is 24.3 Å². The predicted octanol–water partition coefficient (Wildman–Crippen LogP) is -0.764. The van der Waals surface area contributed by atoms with Gasteiger partial charge in [0, 0.05) is 26.2 Å². The molecule has 0 atom stereocenters. The summed E-state index contributed by atoms with van der Waals surface area (Å²) < 4.78 is 1.52. The van der Waals surface area contributed by atoms with Crippen molar-refractivity contribution in [3.8, 4) is 5.69 Å². The molecule has 1 fully saturated rings. The van der Waals surface area contributed by atoms with Crippen LogP contribution < -0.4 is 21.7 Å². The van der Waals surface area contributed by atoms with Crippen LogP contribution in [0.5, 0.6) is 0 Å². The number of rotatable bonds is 2. The second-order valence-electron chi connectivity index (χ2n) is 4.38. The first-order valence-corrected chi connectivity index (χ1v) is 6.13. The van der Waals surface area contributed by atoms with Crippen LogP contribution >= 0.6 is 0 Å². The van der Waals surface area contributed by atoms with Crippen LogP contribution in [0.2, 0.25) is 0 Å². The zero-order valence-corrected chi connectivity index (χ0v) is 10.5. The fourth-order valence-corrected chi connectivity index (χ4v) is 2.03. The van der Waals surface area contributed by atoms with E-state index in [2.05, 4.69) is 25.3 Å². The van der Waals surface area contributed by atoms with Crippen LogP contribution in [0.15, 0.2) is 18.6 Å². The highest BCUT2D eigenvalue weighted by Gasteiger charge is 2.13. The molecule has 5 N–H and O–H groups in total. The lowest BCUT2D eigenvalue weighted by molar-refractivity contribution is 0.579. The third kappa shape index (κ3) is 2.17. The van der Waals surface area contributed by atoms with Crippen LogP contribution in [-0.2, 0) is 0 Å². The Balaban J connectivity index is 1.84. The number of aromatic nitrogens is 4. The Hall–Kier alpha value is -2.35. The van der Waals surface area contributed by atoms with Gasteiger partial charge in [0.25, 0.3) is 0 Å². The number of hydrogen-bond donors (Lipinski definition) is 3. The first-order valence-electron chi connectivity index (χ1n) is 6.13. The molecule has 3 heterocycles. The van der Waals surface area contributed by atoms with Crippen LogP contribution in [0.25, 0.3) is 5.69 Å². The molecule has 1 saturated heterocycles. The molecule has 0 spiro atoms. The minimum atomic E-state index is 0.401. The zero-order chi connectivity index (χ0) is 13.2. The van der Waals surface area contributed by atoms with Crippen molar-refractivity contribution >= 4 is 17.5 Å². The number of nitrogens with zero attached hydrogens (tertiary/aromatic N) is 5. The van der Waals surface area contributed by atoms with E-state index in [1.807, 2.05) is 0 Å². The van der Waals surface area contributed by atoms with Crippen molar-refractivity contribution in [1.82, 2.24) is 25.1 Å². The van der Waals surface area contributed by atoms with E-state index in [0.717, 1.165) is 32.1 Å². The Labute approximate surface area is 110 Å². The highest BCUT2D eigenvalue weighted by atomic mass is 15.3. The molecular formula is C11H16N8. The Morgan fingerprint density at radius 2 is 1.74 bits per heavy atom. The summed E-state index contributed by atoms with van der Waals surface area (Å²) in [5.74, 6) is 1.13. The number of nitrogens with two attached hydrogens (primary N) is 2. The average Bonchev–Trinajstić information content (AvgIpc) is 2.80. The minimum absolute atomic E-state index is 0.401. The molecule has 3 rings (SSSR count). The minimum Gasteiger partial charge on any atom is -0.394 e. The van der Waals surface area contributed by atoms with Crippen molar-refractivity contribution in [1.29, 1.82) is 0 Å². The summed E-state index contributed by atoms with van der Waals surface area (Å²) in [6, 6.07) is 0. The maximum absolute atomic E-state index is 5.82. The Morgan fingerprint density at radius 1 is 1.05 bits per heavy atom. The second kappa shape index (κ2) is 4.73. The van der Waals surface area contributed by atoms with Gasteiger partial charge in [-0.05, 0) is 0 Å². The van der Waals surface area contributed by atoms with Gasteiger partial charge in [0.15, 0.2) is 5.82 Å². The van der Waals surface area contributed by atoms with E-state index in [0.29, 0.717) is 17.2 Å². The summed E-state index contributed by atoms with van der Waals surface area (Å²) in [7, 11) is 0. The van der Waals surface area contributed by atoms with Gasteiger partial charge in [-0.15, -0.1) is 0 Å². The molecule has 19 heavy (non-hydrogen) atoms. The summed E-state index contributed by atoms with van der Waals surface area (Å²) in [5.41, 5.74) is 12.6. The van der Waals surface area contributed by atoms with Crippen molar-refractivity contribution in [2.45, 2.75) is 0 Å². The largest absolute Gasteiger partial charge is 0.394 e. The quantitative estimate of drug-likeness (QED) is 0.650. The lowest BCUT2D eigenvalue weighted by Crippen LogP contribution is -2.44. The Kier molecular flexibility index (Phi) is 2.92. The number of nitrogen functional groups attached to an aromatic ring is 2. The van der Waals surface area contributed by atoms with Crippen molar-refractivity contribution < 1.29 is 0 Å². The van der Waals surface area contributed by atoms with Gasteiger partial charge in [-0.1, -0.05) is 0 Å². The van der Waals surface area contributed by atoms with E-state index in [-0.39, 0.29) is 0 Å². The van der Waals surface area contributed by atoms with E-state index in [4.69, 9.17) is 11.5 Å². The molecule has 0 unspecified atom stereocenters. The van der Waals surface area contributed by atoms with Crippen molar-refractivity contribution in [3.63, 3.8) is 0 Å². The summed E-state index contributed by atoms with van der Waals surface area (Å²) in [5, 5.41) is 7.38. The molecule has 0 bridgehead atoms. The molecule has 0 saturated carbocycles. The van der Waals surface area contributed by atoms with Gasteiger partial charge in [0.2, 0.25) is 5.95 Å². The molecule has 0 radical (unpaired) electrons. The summed E-state index contributed by atoms with van der Waals surface area (Å²) in [6.45, 7) is 3.73. The highest BCUT2D eigenvalue weighted by Crippen LogP contribution is 2.18. The smallest absolute Gasteiger partial charge is 0.225 e. The standard InChI is InChI=1S/C11H16N8/c12-9-7-17-19(10(9)13)8-5-15-11(16-6-8)18-3-1-14-2-4-18/h5-7,14H,1-4,12-13H2. The monoisotopic (exact) mass is 260 g/mol. The van der Waals surface area contributed by atoms with Crippen LogP contribution in [0.3, 0.4) is 0 Å². The molecule has 2 aromatic heterocycles. The second-order valence-corrected chi connectivity index (χ2v) is 4.38. The maximum atomic E-state index is 5.82. The lowest BCUT2D eigenvalue weighted by atomic mass is 10.4. The molecule has 0 amide bonds. The van der Waals surface area contributed by atoms with Gasteiger partial charge in [0.1, 0.15) is 5.69 Å². The van der Waals surface area contributed by atoms with Crippen LogP contribution in [0, 0.1) is 0 Å². The number of piperazine rings is 1. The number of hydrogen-bond acceptors (Lipinski definition) is 7. The van der Waals surface area contributed by atoms with Gasteiger partial charge < -0.3 is 21.7 Å². The molecule has 1 aliphatic heterocycles. The third-order valence-electron chi connectivity index (χ3n) is 3.11. The van der Waals surface area contributed by atoms with E-state index in [1.165, 1.54) is 10.9 Å². The summed E-state index contributed by atoms with van der Waals surface area (Å²) in [4.78, 5) is 10.9.